The van der Waals surface area contributed by atoms with Crippen LogP contribution in [0.2, 0.25) is 0 Å². The molecule has 0 fully saturated rings. The standard InChI is InChI=1S/C8H7Br3O/c1-12-8-2-5(4-9)6(10)3-7(8)11/h2-3H,4H2,1H3. The summed E-state index contributed by atoms with van der Waals surface area (Å²) < 4.78 is 7.19. The maximum Gasteiger partial charge on any atom is 0.133 e. The predicted molar refractivity (Wildman–Crippen MR) is 61.0 cm³/mol. The summed E-state index contributed by atoms with van der Waals surface area (Å²) >= 11 is 10.3. The number of methoxy groups -OCH3 is 1. The summed E-state index contributed by atoms with van der Waals surface area (Å²) in [5, 5.41) is 0.817. The van der Waals surface area contributed by atoms with Crippen molar-refractivity contribution < 1.29 is 4.74 Å². The van der Waals surface area contributed by atoms with Crippen molar-refractivity contribution in [3.05, 3.63) is 26.6 Å². The van der Waals surface area contributed by atoms with E-state index >= 15 is 0 Å². The average Bonchev–Trinajstić information content (AvgIpc) is 2.05. The van der Waals surface area contributed by atoms with Gasteiger partial charge in [0.2, 0.25) is 0 Å². The Bertz CT molecular complexity index is 261. The van der Waals surface area contributed by atoms with Gasteiger partial charge in [-0.3, -0.25) is 0 Å². The van der Waals surface area contributed by atoms with Gasteiger partial charge in [0.15, 0.2) is 0 Å². The van der Waals surface area contributed by atoms with Crippen LogP contribution in [0.25, 0.3) is 0 Å². The molecule has 1 aromatic carbocycles. The van der Waals surface area contributed by atoms with Gasteiger partial charge in [-0.15, -0.1) is 0 Å². The quantitative estimate of drug-likeness (QED) is 0.723. The average molecular weight is 359 g/mol. The molecule has 0 aliphatic rings. The molecule has 0 amide bonds. The number of halogens is 3. The fourth-order valence-electron chi connectivity index (χ4n) is 0.830. The third kappa shape index (κ3) is 2.24. The van der Waals surface area contributed by atoms with E-state index in [4.69, 9.17) is 4.74 Å². The highest BCUT2D eigenvalue weighted by molar-refractivity contribution is 9.11. The van der Waals surface area contributed by atoms with Crippen molar-refractivity contribution in [2.75, 3.05) is 7.11 Å². The zero-order valence-electron chi connectivity index (χ0n) is 6.40. The van der Waals surface area contributed by atoms with E-state index in [-0.39, 0.29) is 0 Å². The van der Waals surface area contributed by atoms with Gasteiger partial charge >= 0.3 is 0 Å². The zero-order valence-corrected chi connectivity index (χ0v) is 11.2. The van der Waals surface area contributed by atoms with Crippen LogP contribution in [0, 0.1) is 0 Å². The van der Waals surface area contributed by atoms with E-state index < -0.39 is 0 Å². The first-order chi connectivity index (χ1) is 5.69. The summed E-state index contributed by atoms with van der Waals surface area (Å²) in [4.78, 5) is 0. The molecule has 4 heteroatoms. The monoisotopic (exact) mass is 356 g/mol. The Morgan fingerprint density at radius 2 is 1.92 bits per heavy atom. The van der Waals surface area contributed by atoms with Crippen LogP contribution in [0.5, 0.6) is 5.75 Å². The Morgan fingerprint density at radius 1 is 1.25 bits per heavy atom. The van der Waals surface area contributed by atoms with Crippen LogP contribution in [0.15, 0.2) is 21.1 Å². The molecule has 0 aliphatic carbocycles. The highest BCUT2D eigenvalue weighted by Crippen LogP contribution is 2.32. The summed E-state index contributed by atoms with van der Waals surface area (Å²) in [6, 6.07) is 3.97. The van der Waals surface area contributed by atoms with E-state index in [1.54, 1.807) is 7.11 Å². The first-order valence-electron chi connectivity index (χ1n) is 3.27. The lowest BCUT2D eigenvalue weighted by Crippen LogP contribution is -1.88. The van der Waals surface area contributed by atoms with Crippen molar-refractivity contribution in [2.45, 2.75) is 5.33 Å². The lowest BCUT2D eigenvalue weighted by Gasteiger charge is -2.06. The van der Waals surface area contributed by atoms with E-state index in [0.717, 1.165) is 20.0 Å². The van der Waals surface area contributed by atoms with Gasteiger partial charge in [0.05, 0.1) is 11.6 Å². The molecule has 0 N–H and O–H groups in total. The maximum absolute atomic E-state index is 5.15. The van der Waals surface area contributed by atoms with E-state index in [9.17, 15) is 0 Å². The van der Waals surface area contributed by atoms with Crippen molar-refractivity contribution in [1.29, 1.82) is 0 Å². The molecule has 0 saturated heterocycles. The molecule has 0 heterocycles. The Balaban J connectivity index is 3.18. The van der Waals surface area contributed by atoms with Crippen molar-refractivity contribution in [1.82, 2.24) is 0 Å². The van der Waals surface area contributed by atoms with Crippen LogP contribution < -0.4 is 4.74 Å². The van der Waals surface area contributed by atoms with Gasteiger partial charge in [-0.25, -0.2) is 0 Å². The van der Waals surface area contributed by atoms with E-state index in [1.807, 2.05) is 12.1 Å². The molecule has 0 spiro atoms. The SMILES string of the molecule is COc1cc(CBr)c(Br)cc1Br. The number of rotatable bonds is 2. The second-order valence-corrected chi connectivity index (χ2v) is 4.48. The van der Waals surface area contributed by atoms with Gasteiger partial charge in [-0.05, 0) is 33.6 Å². The molecule has 66 valence electrons. The van der Waals surface area contributed by atoms with E-state index in [1.165, 1.54) is 5.56 Å². The highest BCUT2D eigenvalue weighted by atomic mass is 79.9. The fraction of sp³-hybridized carbons (Fsp3) is 0.250. The van der Waals surface area contributed by atoms with Gasteiger partial charge in [-0.1, -0.05) is 31.9 Å². The van der Waals surface area contributed by atoms with Gasteiger partial charge in [0, 0.05) is 9.80 Å². The fourth-order valence-corrected chi connectivity index (χ4v) is 2.97. The molecule has 0 unspecified atom stereocenters. The second-order valence-electron chi connectivity index (χ2n) is 2.21. The summed E-state index contributed by atoms with van der Waals surface area (Å²) in [5.41, 5.74) is 1.18. The molecule has 1 nitrogen and oxygen atoms in total. The lowest BCUT2D eigenvalue weighted by atomic mass is 10.2. The Morgan fingerprint density at radius 3 is 2.42 bits per heavy atom. The van der Waals surface area contributed by atoms with Gasteiger partial charge < -0.3 is 4.74 Å². The van der Waals surface area contributed by atoms with Gasteiger partial charge in [-0.2, -0.15) is 0 Å². The van der Waals surface area contributed by atoms with Crippen LogP contribution in [0.3, 0.4) is 0 Å². The Hall–Kier alpha value is 0.460. The van der Waals surface area contributed by atoms with Crippen LogP contribution in [-0.4, -0.2) is 7.11 Å². The summed E-state index contributed by atoms with van der Waals surface area (Å²) in [7, 11) is 1.66. The molecular weight excluding hydrogens is 352 g/mol. The molecule has 12 heavy (non-hydrogen) atoms. The van der Waals surface area contributed by atoms with Crippen molar-refractivity contribution in [2.24, 2.45) is 0 Å². The minimum absolute atomic E-state index is 0.817. The third-order valence-corrected chi connectivity index (χ3v) is 3.43. The predicted octanol–water partition coefficient (Wildman–Crippen LogP) is 4.12. The van der Waals surface area contributed by atoms with Crippen molar-refractivity contribution >= 4 is 47.8 Å². The van der Waals surface area contributed by atoms with Gasteiger partial charge in [0.25, 0.3) is 0 Å². The van der Waals surface area contributed by atoms with Crippen LogP contribution >= 0.6 is 47.8 Å². The molecular formula is C8H7Br3O. The van der Waals surface area contributed by atoms with Crippen LogP contribution in [0.4, 0.5) is 0 Å². The topological polar surface area (TPSA) is 9.23 Å². The summed E-state index contributed by atoms with van der Waals surface area (Å²) in [5.74, 6) is 0.854. The lowest BCUT2D eigenvalue weighted by molar-refractivity contribution is 0.411. The number of hydrogen-bond acceptors (Lipinski definition) is 1. The molecule has 0 aliphatic heterocycles. The van der Waals surface area contributed by atoms with Crippen LogP contribution in [0.1, 0.15) is 5.56 Å². The molecule has 0 radical (unpaired) electrons. The minimum Gasteiger partial charge on any atom is -0.496 e. The zero-order chi connectivity index (χ0) is 9.14. The molecule has 0 atom stereocenters. The Labute approximate surface area is 96.9 Å². The third-order valence-electron chi connectivity index (χ3n) is 1.46. The number of benzene rings is 1. The summed E-state index contributed by atoms with van der Waals surface area (Å²) in [6.45, 7) is 0. The number of ether oxygens (including phenoxy) is 1. The first kappa shape index (κ1) is 10.5. The number of hydrogen-bond donors (Lipinski definition) is 0. The minimum atomic E-state index is 0.817. The molecule has 0 bridgehead atoms. The van der Waals surface area contributed by atoms with E-state index in [2.05, 4.69) is 47.8 Å². The molecule has 1 rings (SSSR count). The highest BCUT2D eigenvalue weighted by Gasteiger charge is 2.05. The normalized spacial score (nSPS) is 10.0. The summed E-state index contributed by atoms with van der Waals surface area (Å²) in [6.07, 6.45) is 0. The molecule has 0 saturated carbocycles. The maximum atomic E-state index is 5.15. The molecule has 1 aromatic rings. The first-order valence-corrected chi connectivity index (χ1v) is 5.97. The molecule has 0 aromatic heterocycles. The second kappa shape index (κ2) is 4.63. The van der Waals surface area contributed by atoms with Gasteiger partial charge in [0.1, 0.15) is 5.75 Å². The Kier molecular flexibility index (Phi) is 4.06. The smallest absolute Gasteiger partial charge is 0.133 e. The largest absolute Gasteiger partial charge is 0.496 e. The van der Waals surface area contributed by atoms with E-state index in [0.29, 0.717) is 0 Å². The van der Waals surface area contributed by atoms with Crippen molar-refractivity contribution in [3.63, 3.8) is 0 Å². The van der Waals surface area contributed by atoms with Crippen molar-refractivity contribution in [3.8, 4) is 5.75 Å². The number of alkyl halides is 1. The van der Waals surface area contributed by atoms with Crippen LogP contribution in [-0.2, 0) is 5.33 Å².